The van der Waals surface area contributed by atoms with Crippen LogP contribution in [-0.4, -0.2) is 16.7 Å². The van der Waals surface area contributed by atoms with Crippen LogP contribution in [-0.2, 0) is 0 Å². The van der Waals surface area contributed by atoms with Crippen molar-refractivity contribution in [3.8, 4) is 0 Å². The molecule has 0 saturated heterocycles. The van der Waals surface area contributed by atoms with Crippen molar-refractivity contribution in [3.63, 3.8) is 0 Å². The Bertz CT molecular complexity index is 447. The average Bonchev–Trinajstić information content (AvgIpc) is 2.59. The number of benzene rings is 1. The Morgan fingerprint density at radius 2 is 2.21 bits per heavy atom. The fourth-order valence-corrected chi connectivity index (χ4v) is 1.57. The van der Waals surface area contributed by atoms with Gasteiger partial charge >= 0.3 is 0 Å². The van der Waals surface area contributed by atoms with E-state index in [-0.39, 0.29) is 12.6 Å². The molecule has 1 heterocycles. The van der Waals surface area contributed by atoms with Crippen LogP contribution in [0.25, 0.3) is 10.9 Å². The van der Waals surface area contributed by atoms with E-state index in [1.807, 2.05) is 18.2 Å². The molecule has 0 unspecified atom stereocenters. The van der Waals surface area contributed by atoms with Crippen molar-refractivity contribution >= 4 is 10.9 Å². The van der Waals surface area contributed by atoms with Gasteiger partial charge in [0.15, 0.2) is 0 Å². The molecular weight excluding hydrogens is 176 g/mol. The summed E-state index contributed by atoms with van der Waals surface area (Å²) in [5.74, 6) is 0. The topological polar surface area (TPSA) is 62.0 Å². The standard InChI is InChI=1S/C11H14N2O/c1-7-2-3-10-8(4-7)5-11(13-10)9(12)6-14/h2-5,9,13-14H,6,12H2,1H3/t9-/m1/s1. The summed E-state index contributed by atoms with van der Waals surface area (Å²) in [4.78, 5) is 3.19. The number of nitrogens with one attached hydrogen (secondary N) is 1. The molecule has 0 aliphatic carbocycles. The van der Waals surface area contributed by atoms with Crippen molar-refractivity contribution in [2.45, 2.75) is 13.0 Å². The Morgan fingerprint density at radius 3 is 2.93 bits per heavy atom. The zero-order chi connectivity index (χ0) is 10.1. The molecule has 4 N–H and O–H groups in total. The number of rotatable bonds is 2. The van der Waals surface area contributed by atoms with Crippen molar-refractivity contribution < 1.29 is 5.11 Å². The number of aliphatic hydroxyl groups is 1. The van der Waals surface area contributed by atoms with Crippen molar-refractivity contribution in [2.75, 3.05) is 6.61 Å². The van der Waals surface area contributed by atoms with Gasteiger partial charge in [0, 0.05) is 11.2 Å². The van der Waals surface area contributed by atoms with Gasteiger partial charge in [0.1, 0.15) is 0 Å². The van der Waals surface area contributed by atoms with Gasteiger partial charge in [-0.15, -0.1) is 0 Å². The van der Waals surface area contributed by atoms with E-state index >= 15 is 0 Å². The molecule has 14 heavy (non-hydrogen) atoms. The first kappa shape index (κ1) is 9.24. The number of aromatic nitrogens is 1. The Labute approximate surface area is 82.6 Å². The van der Waals surface area contributed by atoms with Crippen LogP contribution < -0.4 is 5.73 Å². The summed E-state index contributed by atoms with van der Waals surface area (Å²) in [6.45, 7) is 2.02. The lowest BCUT2D eigenvalue weighted by molar-refractivity contribution is 0.266. The number of aromatic amines is 1. The van der Waals surface area contributed by atoms with E-state index in [9.17, 15) is 0 Å². The van der Waals surface area contributed by atoms with Gasteiger partial charge in [0.25, 0.3) is 0 Å². The van der Waals surface area contributed by atoms with Crippen molar-refractivity contribution in [1.82, 2.24) is 4.98 Å². The molecule has 1 aromatic carbocycles. The number of hydrogen-bond donors (Lipinski definition) is 3. The number of H-pyrrole nitrogens is 1. The molecule has 0 bridgehead atoms. The summed E-state index contributed by atoms with van der Waals surface area (Å²) >= 11 is 0. The molecule has 2 rings (SSSR count). The second kappa shape index (κ2) is 3.44. The minimum Gasteiger partial charge on any atom is -0.394 e. The molecule has 0 radical (unpaired) electrons. The van der Waals surface area contributed by atoms with Crippen LogP contribution in [0.5, 0.6) is 0 Å². The maximum absolute atomic E-state index is 8.92. The Balaban J connectivity index is 2.51. The molecule has 1 aromatic heterocycles. The molecule has 0 fully saturated rings. The van der Waals surface area contributed by atoms with Crippen molar-refractivity contribution in [3.05, 3.63) is 35.5 Å². The second-order valence-electron chi connectivity index (χ2n) is 3.60. The molecule has 3 nitrogen and oxygen atoms in total. The largest absolute Gasteiger partial charge is 0.394 e. The van der Waals surface area contributed by atoms with E-state index in [4.69, 9.17) is 10.8 Å². The third kappa shape index (κ3) is 1.52. The monoisotopic (exact) mass is 190 g/mol. The van der Waals surface area contributed by atoms with Gasteiger partial charge in [-0.05, 0) is 30.5 Å². The molecule has 74 valence electrons. The summed E-state index contributed by atoms with van der Waals surface area (Å²) < 4.78 is 0. The van der Waals surface area contributed by atoms with Gasteiger partial charge in [-0.1, -0.05) is 11.6 Å². The Kier molecular flexibility index (Phi) is 2.27. The normalized spacial score (nSPS) is 13.4. The minimum atomic E-state index is -0.317. The van der Waals surface area contributed by atoms with Gasteiger partial charge < -0.3 is 15.8 Å². The lowest BCUT2D eigenvalue weighted by Gasteiger charge is -2.03. The Hall–Kier alpha value is -1.32. The fraction of sp³-hybridized carbons (Fsp3) is 0.273. The molecule has 3 heteroatoms. The molecule has 0 aliphatic rings. The van der Waals surface area contributed by atoms with Crippen LogP contribution in [0.3, 0.4) is 0 Å². The summed E-state index contributed by atoms with van der Waals surface area (Å²) in [5.41, 5.74) is 8.88. The number of hydrogen-bond acceptors (Lipinski definition) is 2. The predicted octanol–water partition coefficient (Wildman–Crippen LogP) is 1.47. The van der Waals surface area contributed by atoms with Crippen LogP contribution in [0.15, 0.2) is 24.3 Å². The highest BCUT2D eigenvalue weighted by Gasteiger charge is 2.07. The fourth-order valence-electron chi connectivity index (χ4n) is 1.57. The maximum atomic E-state index is 8.92. The number of aryl methyl sites for hydroxylation is 1. The van der Waals surface area contributed by atoms with E-state index in [0.29, 0.717) is 0 Å². The molecule has 0 aliphatic heterocycles. The van der Waals surface area contributed by atoms with Crippen molar-refractivity contribution in [1.29, 1.82) is 0 Å². The molecule has 0 saturated carbocycles. The molecular formula is C11H14N2O. The van der Waals surface area contributed by atoms with Gasteiger partial charge in [-0.3, -0.25) is 0 Å². The third-order valence-electron chi connectivity index (χ3n) is 2.39. The Morgan fingerprint density at radius 1 is 1.43 bits per heavy atom. The van der Waals surface area contributed by atoms with Crippen LogP contribution in [0.4, 0.5) is 0 Å². The van der Waals surface area contributed by atoms with E-state index in [0.717, 1.165) is 16.6 Å². The van der Waals surface area contributed by atoms with E-state index < -0.39 is 0 Å². The maximum Gasteiger partial charge on any atom is 0.0683 e. The summed E-state index contributed by atoms with van der Waals surface area (Å²) in [5, 5.41) is 10.1. The highest BCUT2D eigenvalue weighted by atomic mass is 16.3. The molecule has 1 atom stereocenters. The summed E-state index contributed by atoms with van der Waals surface area (Å²) in [6.07, 6.45) is 0. The summed E-state index contributed by atoms with van der Waals surface area (Å²) in [7, 11) is 0. The average molecular weight is 190 g/mol. The second-order valence-corrected chi connectivity index (χ2v) is 3.60. The highest BCUT2D eigenvalue weighted by Crippen LogP contribution is 2.19. The number of fused-ring (bicyclic) bond motifs is 1. The quantitative estimate of drug-likeness (QED) is 0.671. The zero-order valence-electron chi connectivity index (χ0n) is 8.12. The molecule has 0 amide bonds. The van der Waals surface area contributed by atoms with Crippen LogP contribution in [0.1, 0.15) is 17.3 Å². The van der Waals surface area contributed by atoms with E-state index in [2.05, 4.69) is 18.0 Å². The van der Waals surface area contributed by atoms with E-state index in [1.54, 1.807) is 0 Å². The van der Waals surface area contributed by atoms with E-state index in [1.165, 1.54) is 5.56 Å². The van der Waals surface area contributed by atoms with Crippen LogP contribution >= 0.6 is 0 Å². The van der Waals surface area contributed by atoms with Gasteiger partial charge in [-0.25, -0.2) is 0 Å². The number of nitrogens with two attached hydrogens (primary N) is 1. The highest BCUT2D eigenvalue weighted by molar-refractivity contribution is 5.81. The zero-order valence-corrected chi connectivity index (χ0v) is 8.12. The van der Waals surface area contributed by atoms with Crippen molar-refractivity contribution in [2.24, 2.45) is 5.73 Å². The summed E-state index contributed by atoms with van der Waals surface area (Å²) in [6, 6.07) is 7.84. The smallest absolute Gasteiger partial charge is 0.0683 e. The minimum absolute atomic E-state index is 0.0359. The van der Waals surface area contributed by atoms with Gasteiger partial charge in [-0.2, -0.15) is 0 Å². The first-order valence-electron chi connectivity index (χ1n) is 4.66. The van der Waals surface area contributed by atoms with Crippen LogP contribution in [0, 0.1) is 6.92 Å². The lowest BCUT2D eigenvalue weighted by Crippen LogP contribution is -2.14. The lowest BCUT2D eigenvalue weighted by atomic mass is 10.1. The van der Waals surface area contributed by atoms with Gasteiger partial charge in [0.2, 0.25) is 0 Å². The first-order valence-corrected chi connectivity index (χ1v) is 4.66. The third-order valence-corrected chi connectivity index (χ3v) is 2.39. The molecule has 0 spiro atoms. The number of aliphatic hydroxyl groups excluding tert-OH is 1. The predicted molar refractivity (Wildman–Crippen MR) is 57.0 cm³/mol. The first-order chi connectivity index (χ1) is 6.70. The van der Waals surface area contributed by atoms with Crippen LogP contribution in [0.2, 0.25) is 0 Å². The van der Waals surface area contributed by atoms with Gasteiger partial charge in [0.05, 0.1) is 12.6 Å². The SMILES string of the molecule is Cc1ccc2[nH]c([C@H](N)CO)cc2c1. The molecule has 2 aromatic rings.